The number of thiophene rings is 1. The SMILES string of the molecule is O=C(c1cccc(Nc2nccc(-c3ccc(Br)s3)n2)c1)N1CCOCC1. The van der Waals surface area contributed by atoms with E-state index >= 15 is 0 Å². The second-order valence-electron chi connectivity index (χ2n) is 5.98. The molecule has 138 valence electrons. The van der Waals surface area contributed by atoms with Crippen LogP contribution in [0.15, 0.2) is 52.4 Å². The molecule has 1 aromatic carbocycles. The Hall–Kier alpha value is -2.29. The second kappa shape index (κ2) is 8.16. The molecule has 27 heavy (non-hydrogen) atoms. The van der Waals surface area contributed by atoms with E-state index in [1.807, 2.05) is 47.4 Å². The summed E-state index contributed by atoms with van der Waals surface area (Å²) in [7, 11) is 0. The molecule has 1 aliphatic heterocycles. The lowest BCUT2D eigenvalue weighted by atomic mass is 10.1. The average molecular weight is 445 g/mol. The molecule has 1 saturated heterocycles. The molecule has 1 N–H and O–H groups in total. The molecule has 4 rings (SSSR count). The van der Waals surface area contributed by atoms with E-state index in [-0.39, 0.29) is 5.91 Å². The zero-order valence-electron chi connectivity index (χ0n) is 14.4. The minimum atomic E-state index is 0.0139. The zero-order valence-corrected chi connectivity index (χ0v) is 16.8. The number of benzene rings is 1. The van der Waals surface area contributed by atoms with Gasteiger partial charge in [-0.1, -0.05) is 6.07 Å². The van der Waals surface area contributed by atoms with E-state index in [1.54, 1.807) is 17.5 Å². The Kier molecular flexibility index (Phi) is 5.47. The molecule has 6 nitrogen and oxygen atoms in total. The number of aromatic nitrogens is 2. The molecule has 2 aromatic heterocycles. The highest BCUT2D eigenvalue weighted by Crippen LogP contribution is 2.30. The van der Waals surface area contributed by atoms with Crippen molar-refractivity contribution in [2.45, 2.75) is 0 Å². The number of ether oxygens (including phenoxy) is 1. The van der Waals surface area contributed by atoms with Crippen molar-refractivity contribution < 1.29 is 9.53 Å². The molecule has 0 atom stereocenters. The van der Waals surface area contributed by atoms with E-state index < -0.39 is 0 Å². The summed E-state index contributed by atoms with van der Waals surface area (Å²) in [6, 6.07) is 13.3. The van der Waals surface area contributed by atoms with E-state index in [0.29, 0.717) is 37.8 Å². The topological polar surface area (TPSA) is 67.4 Å². The molecular formula is C19H17BrN4O2S. The summed E-state index contributed by atoms with van der Waals surface area (Å²) in [5, 5.41) is 3.19. The maximum atomic E-state index is 12.7. The van der Waals surface area contributed by atoms with Gasteiger partial charge in [0.1, 0.15) is 0 Å². The first kappa shape index (κ1) is 18.1. The lowest BCUT2D eigenvalue weighted by Crippen LogP contribution is -2.40. The summed E-state index contributed by atoms with van der Waals surface area (Å²) in [4.78, 5) is 24.4. The fraction of sp³-hybridized carbons (Fsp3) is 0.211. The number of anilines is 2. The van der Waals surface area contributed by atoms with Crippen LogP contribution in [0.2, 0.25) is 0 Å². The van der Waals surface area contributed by atoms with Gasteiger partial charge in [-0.2, -0.15) is 0 Å². The highest BCUT2D eigenvalue weighted by atomic mass is 79.9. The fourth-order valence-electron chi connectivity index (χ4n) is 2.82. The Morgan fingerprint density at radius 3 is 2.81 bits per heavy atom. The van der Waals surface area contributed by atoms with Gasteiger partial charge in [-0.3, -0.25) is 4.79 Å². The highest BCUT2D eigenvalue weighted by molar-refractivity contribution is 9.11. The third-order valence-electron chi connectivity index (χ3n) is 4.15. The number of hydrogen-bond acceptors (Lipinski definition) is 6. The van der Waals surface area contributed by atoms with E-state index in [0.717, 1.165) is 20.0 Å². The lowest BCUT2D eigenvalue weighted by Gasteiger charge is -2.27. The van der Waals surface area contributed by atoms with Crippen molar-refractivity contribution in [1.29, 1.82) is 0 Å². The van der Waals surface area contributed by atoms with Crippen molar-refractivity contribution in [2.24, 2.45) is 0 Å². The van der Waals surface area contributed by atoms with Gasteiger partial charge in [0.15, 0.2) is 0 Å². The van der Waals surface area contributed by atoms with E-state index in [4.69, 9.17) is 4.74 Å². The quantitative estimate of drug-likeness (QED) is 0.653. The minimum Gasteiger partial charge on any atom is -0.378 e. The first-order valence-corrected chi connectivity index (χ1v) is 10.1. The average Bonchev–Trinajstić information content (AvgIpc) is 3.15. The van der Waals surface area contributed by atoms with Gasteiger partial charge in [-0.25, -0.2) is 9.97 Å². The molecule has 0 saturated carbocycles. The Balaban J connectivity index is 1.52. The summed E-state index contributed by atoms with van der Waals surface area (Å²) < 4.78 is 6.37. The van der Waals surface area contributed by atoms with Gasteiger partial charge in [0, 0.05) is 30.5 Å². The number of carbonyl (C=O) groups excluding carboxylic acids is 1. The van der Waals surface area contributed by atoms with Crippen LogP contribution in [-0.2, 0) is 4.74 Å². The van der Waals surface area contributed by atoms with Crippen LogP contribution in [0.25, 0.3) is 10.6 Å². The van der Waals surface area contributed by atoms with Crippen molar-refractivity contribution in [1.82, 2.24) is 14.9 Å². The Morgan fingerprint density at radius 1 is 1.19 bits per heavy atom. The van der Waals surface area contributed by atoms with Crippen LogP contribution in [0.5, 0.6) is 0 Å². The lowest BCUT2D eigenvalue weighted by molar-refractivity contribution is 0.0303. The van der Waals surface area contributed by atoms with Gasteiger partial charge in [0.25, 0.3) is 5.91 Å². The van der Waals surface area contributed by atoms with Gasteiger partial charge in [-0.05, 0) is 52.3 Å². The maximum Gasteiger partial charge on any atom is 0.254 e. The molecule has 1 amide bonds. The summed E-state index contributed by atoms with van der Waals surface area (Å²) >= 11 is 5.09. The summed E-state index contributed by atoms with van der Waals surface area (Å²) in [5.74, 6) is 0.507. The summed E-state index contributed by atoms with van der Waals surface area (Å²) in [5.41, 5.74) is 2.27. The van der Waals surface area contributed by atoms with Gasteiger partial charge in [0.2, 0.25) is 5.95 Å². The van der Waals surface area contributed by atoms with Gasteiger partial charge in [0.05, 0.1) is 27.6 Å². The molecule has 3 aromatic rings. The number of carbonyl (C=O) groups is 1. The Bertz CT molecular complexity index is 956. The highest BCUT2D eigenvalue weighted by Gasteiger charge is 2.18. The van der Waals surface area contributed by atoms with Crippen LogP contribution in [0.1, 0.15) is 10.4 Å². The van der Waals surface area contributed by atoms with Gasteiger partial charge < -0.3 is 15.0 Å². The van der Waals surface area contributed by atoms with Crippen LogP contribution >= 0.6 is 27.3 Å². The fourth-order valence-corrected chi connectivity index (χ4v) is 4.17. The van der Waals surface area contributed by atoms with Crippen molar-refractivity contribution in [3.63, 3.8) is 0 Å². The van der Waals surface area contributed by atoms with Crippen LogP contribution in [0.4, 0.5) is 11.6 Å². The van der Waals surface area contributed by atoms with Crippen LogP contribution in [-0.4, -0.2) is 47.1 Å². The molecule has 3 heterocycles. The smallest absolute Gasteiger partial charge is 0.254 e. The van der Waals surface area contributed by atoms with Crippen LogP contribution in [0.3, 0.4) is 0 Å². The summed E-state index contributed by atoms with van der Waals surface area (Å²) in [6.45, 7) is 2.42. The largest absolute Gasteiger partial charge is 0.378 e. The van der Waals surface area contributed by atoms with E-state index in [2.05, 4.69) is 31.2 Å². The zero-order chi connectivity index (χ0) is 18.6. The molecule has 8 heteroatoms. The standard InChI is InChI=1S/C19H17BrN4O2S/c20-17-5-4-16(27-17)15-6-7-21-19(23-15)22-14-3-1-2-13(12-14)18(25)24-8-10-26-11-9-24/h1-7,12H,8-11H2,(H,21,22,23). The van der Waals surface area contributed by atoms with E-state index in [9.17, 15) is 4.79 Å². The maximum absolute atomic E-state index is 12.7. The number of nitrogens with zero attached hydrogens (tertiary/aromatic N) is 3. The second-order valence-corrected chi connectivity index (χ2v) is 8.44. The molecular weight excluding hydrogens is 428 g/mol. The molecule has 0 bridgehead atoms. The number of rotatable bonds is 4. The number of halogens is 1. The van der Waals surface area contributed by atoms with Crippen molar-refractivity contribution in [3.8, 4) is 10.6 Å². The van der Waals surface area contributed by atoms with Crippen LogP contribution in [0, 0.1) is 0 Å². The number of morpholine rings is 1. The molecule has 1 fully saturated rings. The van der Waals surface area contributed by atoms with Gasteiger partial charge in [-0.15, -0.1) is 11.3 Å². The summed E-state index contributed by atoms with van der Waals surface area (Å²) in [6.07, 6.45) is 1.72. The first-order chi connectivity index (χ1) is 13.2. The third-order valence-corrected chi connectivity index (χ3v) is 5.79. The molecule has 0 unspecified atom stereocenters. The molecule has 1 aliphatic rings. The minimum absolute atomic E-state index is 0.0139. The Morgan fingerprint density at radius 2 is 2.04 bits per heavy atom. The molecule has 0 spiro atoms. The number of amides is 1. The predicted octanol–water partition coefficient (Wildman–Crippen LogP) is 4.18. The number of nitrogens with one attached hydrogen (secondary N) is 1. The first-order valence-electron chi connectivity index (χ1n) is 8.52. The predicted molar refractivity (Wildman–Crippen MR) is 109 cm³/mol. The normalized spacial score (nSPS) is 14.2. The van der Waals surface area contributed by atoms with E-state index in [1.165, 1.54) is 0 Å². The van der Waals surface area contributed by atoms with Crippen molar-refractivity contribution in [2.75, 3.05) is 31.6 Å². The monoisotopic (exact) mass is 444 g/mol. The third kappa shape index (κ3) is 4.35. The number of hydrogen-bond donors (Lipinski definition) is 1. The van der Waals surface area contributed by atoms with Gasteiger partial charge >= 0.3 is 0 Å². The molecule has 0 aliphatic carbocycles. The molecule has 0 radical (unpaired) electrons. The Labute approximate surface area is 169 Å². The van der Waals surface area contributed by atoms with Crippen LogP contribution < -0.4 is 5.32 Å². The van der Waals surface area contributed by atoms with Crippen molar-refractivity contribution in [3.05, 3.63) is 58.0 Å². The van der Waals surface area contributed by atoms with Crippen molar-refractivity contribution >= 4 is 44.8 Å².